The fourth-order valence-corrected chi connectivity index (χ4v) is 2.57. The van der Waals surface area contributed by atoms with E-state index in [4.69, 9.17) is 12.2 Å². The zero-order valence-electron chi connectivity index (χ0n) is 13.0. The lowest BCUT2D eigenvalue weighted by Crippen LogP contribution is -2.22. The van der Waals surface area contributed by atoms with Crippen LogP contribution in [-0.2, 0) is 19.8 Å². The summed E-state index contributed by atoms with van der Waals surface area (Å²) in [7, 11) is 1.80. The van der Waals surface area contributed by atoms with Crippen LogP contribution in [-0.4, -0.2) is 31.4 Å². The Hall–Kier alpha value is -2.26. The molecule has 8 nitrogen and oxygen atoms in total. The molecule has 0 atom stereocenters. The lowest BCUT2D eigenvalue weighted by atomic mass is 10.2. The highest BCUT2D eigenvalue weighted by molar-refractivity contribution is 7.71. The summed E-state index contributed by atoms with van der Waals surface area (Å²) in [6.45, 7) is 2.87. The third kappa shape index (κ3) is 3.74. The number of benzene rings is 1. The number of anilines is 1. The number of nitro benzene ring substituents is 1. The van der Waals surface area contributed by atoms with E-state index in [1.165, 1.54) is 12.1 Å². The maximum absolute atomic E-state index is 10.9. The van der Waals surface area contributed by atoms with E-state index in [0.29, 0.717) is 29.5 Å². The molecule has 1 aromatic carbocycles. The summed E-state index contributed by atoms with van der Waals surface area (Å²) in [5.74, 6) is 0.518. The Morgan fingerprint density at radius 2 is 2.22 bits per heavy atom. The van der Waals surface area contributed by atoms with Crippen molar-refractivity contribution < 1.29 is 10.0 Å². The molecule has 0 fully saturated rings. The van der Waals surface area contributed by atoms with Crippen LogP contribution in [0.2, 0.25) is 0 Å². The topological polar surface area (TPSA) is 89.4 Å². The van der Waals surface area contributed by atoms with Gasteiger partial charge in [-0.3, -0.25) is 10.1 Å². The van der Waals surface area contributed by atoms with Gasteiger partial charge in [-0.25, -0.2) is 4.68 Å². The summed E-state index contributed by atoms with van der Waals surface area (Å²) in [6, 6.07) is 6.37. The summed E-state index contributed by atoms with van der Waals surface area (Å²) < 4.78 is 3.93. The first-order chi connectivity index (χ1) is 11.0. The molecule has 0 bridgehead atoms. The molecule has 0 aliphatic rings. The number of aliphatic hydroxyl groups excluding tert-OH is 1. The monoisotopic (exact) mass is 337 g/mol. The first-order valence-corrected chi connectivity index (χ1v) is 7.61. The van der Waals surface area contributed by atoms with E-state index in [0.717, 1.165) is 6.42 Å². The van der Waals surface area contributed by atoms with Crippen molar-refractivity contribution in [3.05, 3.63) is 45.0 Å². The van der Waals surface area contributed by atoms with Crippen LogP contribution < -0.4 is 4.90 Å². The van der Waals surface area contributed by atoms with Crippen molar-refractivity contribution in [3.8, 4) is 0 Å². The highest BCUT2D eigenvalue weighted by Gasteiger charge is 2.13. The Balaban J connectivity index is 2.27. The molecule has 23 heavy (non-hydrogen) atoms. The van der Waals surface area contributed by atoms with Crippen LogP contribution in [0, 0.1) is 14.9 Å². The summed E-state index contributed by atoms with van der Waals surface area (Å²) >= 11 is 5.40. The van der Waals surface area contributed by atoms with Gasteiger partial charge in [0.25, 0.3) is 5.69 Å². The predicted octanol–water partition coefficient (Wildman–Crippen LogP) is 2.32. The van der Waals surface area contributed by atoms with Gasteiger partial charge in [0, 0.05) is 31.4 Å². The number of rotatable bonds is 7. The molecule has 1 aromatic heterocycles. The molecular formula is C14H19N5O3S. The second-order valence-electron chi connectivity index (χ2n) is 5.12. The van der Waals surface area contributed by atoms with Crippen LogP contribution in [0.25, 0.3) is 0 Å². The molecule has 2 aromatic rings. The van der Waals surface area contributed by atoms with Gasteiger partial charge in [0.1, 0.15) is 13.3 Å². The quantitative estimate of drug-likeness (QED) is 0.474. The zero-order valence-corrected chi connectivity index (χ0v) is 13.9. The molecular weight excluding hydrogens is 318 g/mol. The standard InChI is InChI=1S/C14H19N5O3S/c1-3-7-17-13(9-20)15-18(14(17)23)10-16(2)11-5-4-6-12(8-11)19(21)22/h4-6,8,20H,3,7,9-10H2,1-2H3. The fourth-order valence-electron chi connectivity index (χ4n) is 2.27. The smallest absolute Gasteiger partial charge is 0.271 e. The average molecular weight is 337 g/mol. The minimum atomic E-state index is -0.428. The third-order valence-corrected chi connectivity index (χ3v) is 3.85. The van der Waals surface area contributed by atoms with Crippen LogP contribution in [0.3, 0.4) is 0 Å². The molecule has 9 heteroatoms. The number of aromatic nitrogens is 3. The fraction of sp³-hybridized carbons (Fsp3) is 0.429. The number of nitrogens with zero attached hydrogens (tertiary/aromatic N) is 5. The van der Waals surface area contributed by atoms with Gasteiger partial charge >= 0.3 is 0 Å². The van der Waals surface area contributed by atoms with E-state index < -0.39 is 4.92 Å². The number of aliphatic hydroxyl groups is 1. The number of nitro groups is 1. The summed E-state index contributed by atoms with van der Waals surface area (Å²) in [5.41, 5.74) is 0.724. The molecule has 0 saturated heterocycles. The van der Waals surface area contributed by atoms with Crippen LogP contribution >= 0.6 is 12.2 Å². The lowest BCUT2D eigenvalue weighted by Gasteiger charge is -2.18. The van der Waals surface area contributed by atoms with Crippen molar-refractivity contribution in [1.82, 2.24) is 14.3 Å². The van der Waals surface area contributed by atoms with Gasteiger partial charge in [-0.1, -0.05) is 13.0 Å². The summed E-state index contributed by atoms with van der Waals surface area (Å²) in [4.78, 5) is 12.3. The highest BCUT2D eigenvalue weighted by atomic mass is 32.1. The Morgan fingerprint density at radius 3 is 2.83 bits per heavy atom. The van der Waals surface area contributed by atoms with Crippen molar-refractivity contribution in [2.45, 2.75) is 33.2 Å². The van der Waals surface area contributed by atoms with E-state index >= 15 is 0 Å². The van der Waals surface area contributed by atoms with Crippen molar-refractivity contribution in [2.75, 3.05) is 11.9 Å². The third-order valence-electron chi connectivity index (χ3n) is 3.42. The molecule has 0 saturated carbocycles. The van der Waals surface area contributed by atoms with Crippen LogP contribution in [0.15, 0.2) is 24.3 Å². The molecule has 1 heterocycles. The Bertz CT molecular complexity index is 755. The Morgan fingerprint density at radius 1 is 1.48 bits per heavy atom. The molecule has 0 aliphatic heterocycles. The number of hydrogen-bond acceptors (Lipinski definition) is 6. The van der Waals surface area contributed by atoms with Gasteiger partial charge in [-0.05, 0) is 24.7 Å². The van der Waals surface area contributed by atoms with Crippen molar-refractivity contribution in [1.29, 1.82) is 0 Å². The molecule has 1 N–H and O–H groups in total. The van der Waals surface area contributed by atoms with Gasteiger partial charge in [0.15, 0.2) is 10.6 Å². The molecule has 124 valence electrons. The predicted molar refractivity (Wildman–Crippen MR) is 88.8 cm³/mol. The zero-order chi connectivity index (χ0) is 17.0. The summed E-state index contributed by atoms with van der Waals surface area (Å²) in [6.07, 6.45) is 0.883. The Labute approximate surface area is 138 Å². The van der Waals surface area contributed by atoms with Gasteiger partial charge in [-0.15, -0.1) is 0 Å². The first kappa shape index (κ1) is 17.1. The van der Waals surface area contributed by atoms with Crippen molar-refractivity contribution >= 4 is 23.6 Å². The molecule has 0 aliphatic carbocycles. The van der Waals surface area contributed by atoms with E-state index in [1.807, 2.05) is 11.8 Å². The van der Waals surface area contributed by atoms with E-state index in [-0.39, 0.29) is 12.3 Å². The first-order valence-electron chi connectivity index (χ1n) is 7.21. The largest absolute Gasteiger partial charge is 0.388 e. The minimum Gasteiger partial charge on any atom is -0.388 e. The average Bonchev–Trinajstić information content (AvgIpc) is 2.84. The highest BCUT2D eigenvalue weighted by Crippen LogP contribution is 2.20. The maximum atomic E-state index is 10.9. The van der Waals surface area contributed by atoms with Crippen LogP contribution in [0.5, 0.6) is 0 Å². The Kier molecular flexibility index (Phi) is 5.45. The second kappa shape index (κ2) is 7.34. The lowest BCUT2D eigenvalue weighted by molar-refractivity contribution is -0.384. The second-order valence-corrected chi connectivity index (χ2v) is 5.49. The van der Waals surface area contributed by atoms with Gasteiger partial charge in [0.05, 0.1) is 4.92 Å². The van der Waals surface area contributed by atoms with E-state index in [2.05, 4.69) is 5.10 Å². The van der Waals surface area contributed by atoms with Gasteiger partial charge < -0.3 is 14.6 Å². The maximum Gasteiger partial charge on any atom is 0.271 e. The van der Waals surface area contributed by atoms with Crippen LogP contribution in [0.4, 0.5) is 11.4 Å². The molecule has 0 spiro atoms. The van der Waals surface area contributed by atoms with Gasteiger partial charge in [-0.2, -0.15) is 5.10 Å². The summed E-state index contributed by atoms with van der Waals surface area (Å²) in [5, 5.41) is 24.6. The number of hydrogen-bond donors (Lipinski definition) is 1. The van der Waals surface area contributed by atoms with Gasteiger partial charge in [0.2, 0.25) is 0 Å². The number of non-ortho nitro benzene ring substituents is 1. The molecule has 2 rings (SSSR count). The SMILES string of the molecule is CCCn1c(CO)nn(CN(C)c2cccc([N+](=O)[O-])c2)c1=S. The molecule has 0 unspecified atom stereocenters. The normalized spacial score (nSPS) is 10.7. The van der Waals surface area contributed by atoms with Crippen molar-refractivity contribution in [2.24, 2.45) is 0 Å². The molecule has 0 amide bonds. The van der Waals surface area contributed by atoms with E-state index in [1.54, 1.807) is 28.4 Å². The molecule has 0 radical (unpaired) electrons. The minimum absolute atomic E-state index is 0.0329. The van der Waals surface area contributed by atoms with E-state index in [9.17, 15) is 15.2 Å². The van der Waals surface area contributed by atoms with Crippen LogP contribution in [0.1, 0.15) is 19.2 Å². The van der Waals surface area contributed by atoms with Crippen molar-refractivity contribution in [3.63, 3.8) is 0 Å².